The van der Waals surface area contributed by atoms with Crippen LogP contribution in [0.1, 0.15) is 24.8 Å². The first-order valence-electron chi connectivity index (χ1n) is 9.80. The average molecular weight is 372 g/mol. The first-order valence-corrected chi connectivity index (χ1v) is 9.80. The summed E-state index contributed by atoms with van der Waals surface area (Å²) in [7, 11) is 3.59. The van der Waals surface area contributed by atoms with Crippen molar-refractivity contribution in [3.8, 4) is 0 Å². The number of methoxy groups -OCH3 is 1. The molecule has 1 saturated heterocycles. The number of carbonyl (C=O) groups is 1. The highest BCUT2D eigenvalue weighted by atomic mass is 16.5. The van der Waals surface area contributed by atoms with E-state index in [9.17, 15) is 9.59 Å². The van der Waals surface area contributed by atoms with E-state index >= 15 is 0 Å². The van der Waals surface area contributed by atoms with Crippen LogP contribution in [0.4, 0.5) is 4.79 Å². The Morgan fingerprint density at radius 3 is 3.04 bits per heavy atom. The van der Waals surface area contributed by atoms with Crippen LogP contribution in [0.3, 0.4) is 0 Å². The minimum atomic E-state index is -0.215. The molecule has 27 heavy (non-hydrogen) atoms. The second-order valence-electron chi connectivity index (χ2n) is 7.91. The van der Waals surface area contributed by atoms with E-state index in [0.717, 1.165) is 62.9 Å². The van der Waals surface area contributed by atoms with Crippen LogP contribution in [-0.4, -0.2) is 65.3 Å². The van der Waals surface area contributed by atoms with Crippen molar-refractivity contribution < 1.29 is 9.53 Å². The van der Waals surface area contributed by atoms with Gasteiger partial charge in [0.1, 0.15) is 0 Å². The highest BCUT2D eigenvalue weighted by Gasteiger charge is 2.28. The summed E-state index contributed by atoms with van der Waals surface area (Å²) < 4.78 is 6.75. The molecule has 3 heterocycles. The Morgan fingerprint density at radius 2 is 2.22 bits per heavy atom. The van der Waals surface area contributed by atoms with E-state index in [1.807, 2.05) is 21.6 Å². The number of aromatic nitrogens is 2. The fraction of sp³-hybridized carbons (Fsp3) is 0.600. The quantitative estimate of drug-likeness (QED) is 0.892. The summed E-state index contributed by atoms with van der Waals surface area (Å²) in [5.41, 5.74) is 3.22. The number of rotatable bonds is 4. The van der Waals surface area contributed by atoms with Crippen LogP contribution >= 0.6 is 0 Å². The normalized spacial score (nSPS) is 22.4. The van der Waals surface area contributed by atoms with Gasteiger partial charge in [-0.25, -0.2) is 9.59 Å². The van der Waals surface area contributed by atoms with Gasteiger partial charge in [-0.3, -0.25) is 4.57 Å². The molecule has 7 nitrogen and oxygen atoms in total. The van der Waals surface area contributed by atoms with Crippen molar-refractivity contribution in [2.75, 3.05) is 33.8 Å². The van der Waals surface area contributed by atoms with Crippen molar-refractivity contribution in [2.45, 2.75) is 38.3 Å². The summed E-state index contributed by atoms with van der Waals surface area (Å²) in [5.74, 6) is 0.512. The number of nitrogens with zero attached hydrogens (tertiary/aromatic N) is 3. The topological polar surface area (TPSA) is 70.6 Å². The van der Waals surface area contributed by atoms with Gasteiger partial charge in [0.15, 0.2) is 0 Å². The van der Waals surface area contributed by atoms with Gasteiger partial charge in [0.05, 0.1) is 18.1 Å². The first-order chi connectivity index (χ1) is 13.1. The van der Waals surface area contributed by atoms with Gasteiger partial charge in [-0.15, -0.1) is 0 Å². The minimum absolute atomic E-state index is 0.0171. The maximum Gasteiger partial charge on any atom is 0.409 e. The molecule has 2 aliphatic heterocycles. The number of amides is 1. The molecule has 0 saturated carbocycles. The van der Waals surface area contributed by atoms with E-state index in [1.165, 1.54) is 12.7 Å². The number of nitrogens with one attached hydrogen (secondary N) is 1. The van der Waals surface area contributed by atoms with Crippen molar-refractivity contribution >= 4 is 17.1 Å². The number of benzene rings is 1. The monoisotopic (exact) mass is 372 g/mol. The molecule has 2 aromatic rings. The zero-order valence-corrected chi connectivity index (χ0v) is 16.1. The Morgan fingerprint density at radius 1 is 1.37 bits per heavy atom. The molecular formula is C20H28N4O3. The lowest BCUT2D eigenvalue weighted by Gasteiger charge is -2.35. The third-order valence-electron chi connectivity index (χ3n) is 6.19. The molecule has 1 aromatic heterocycles. The summed E-state index contributed by atoms with van der Waals surface area (Å²) in [4.78, 5) is 31.2. The molecule has 2 atom stereocenters. The van der Waals surface area contributed by atoms with Crippen LogP contribution in [0.25, 0.3) is 11.0 Å². The molecule has 146 valence electrons. The summed E-state index contributed by atoms with van der Waals surface area (Å²) in [6.45, 7) is 3.27. The number of likely N-dealkylation sites (N-methyl/N-ethyl adjacent to an activating group) is 1. The van der Waals surface area contributed by atoms with Crippen molar-refractivity contribution in [3.63, 3.8) is 0 Å². The van der Waals surface area contributed by atoms with E-state index < -0.39 is 0 Å². The summed E-state index contributed by atoms with van der Waals surface area (Å²) in [5, 5.41) is 0. The van der Waals surface area contributed by atoms with Crippen molar-refractivity contribution in [2.24, 2.45) is 5.92 Å². The first kappa shape index (κ1) is 18.1. The SMILES string of the molecule is COC(=O)N1CCCC(CCN(C)[C@@H]2Cc3cccc4[nH]c(=O)n(c34)C2)C1. The van der Waals surface area contributed by atoms with Crippen LogP contribution in [0.15, 0.2) is 23.0 Å². The maximum atomic E-state index is 12.3. The number of para-hydroxylation sites is 1. The molecule has 2 aliphatic rings. The van der Waals surface area contributed by atoms with Gasteiger partial charge in [-0.05, 0) is 56.8 Å². The minimum Gasteiger partial charge on any atom is -0.453 e. The number of H-pyrrole nitrogens is 1. The van der Waals surface area contributed by atoms with E-state index in [2.05, 4.69) is 23.0 Å². The van der Waals surface area contributed by atoms with Crippen molar-refractivity contribution in [3.05, 3.63) is 34.2 Å². The number of piperidine rings is 1. The maximum absolute atomic E-state index is 12.3. The predicted octanol–water partition coefficient (Wildman–Crippen LogP) is 2.05. The number of imidazole rings is 1. The van der Waals surface area contributed by atoms with Gasteiger partial charge in [0.2, 0.25) is 0 Å². The van der Waals surface area contributed by atoms with Gasteiger partial charge in [0.25, 0.3) is 0 Å². The Balaban J connectivity index is 1.38. The number of hydrogen-bond donors (Lipinski definition) is 1. The van der Waals surface area contributed by atoms with Crippen LogP contribution in [0.2, 0.25) is 0 Å². The molecule has 4 rings (SSSR count). The van der Waals surface area contributed by atoms with Crippen LogP contribution in [0, 0.1) is 5.92 Å². The number of ether oxygens (including phenoxy) is 1. The second kappa shape index (κ2) is 7.38. The lowest BCUT2D eigenvalue weighted by molar-refractivity contribution is 0.0964. The molecule has 1 unspecified atom stereocenters. The zero-order valence-electron chi connectivity index (χ0n) is 16.1. The molecule has 0 radical (unpaired) electrons. The molecule has 0 bridgehead atoms. The molecule has 1 fully saturated rings. The fourth-order valence-corrected chi connectivity index (χ4v) is 4.62. The molecule has 1 N–H and O–H groups in total. The van der Waals surface area contributed by atoms with Gasteiger partial charge < -0.3 is 19.5 Å². The Hall–Kier alpha value is -2.28. The van der Waals surface area contributed by atoms with Crippen LogP contribution in [-0.2, 0) is 17.7 Å². The molecule has 0 spiro atoms. The van der Waals surface area contributed by atoms with Crippen molar-refractivity contribution in [1.29, 1.82) is 0 Å². The number of likely N-dealkylation sites (tertiary alicyclic amines) is 1. The third-order valence-corrected chi connectivity index (χ3v) is 6.19. The van der Waals surface area contributed by atoms with E-state index in [4.69, 9.17) is 4.74 Å². The van der Waals surface area contributed by atoms with Gasteiger partial charge in [-0.1, -0.05) is 12.1 Å². The fourth-order valence-electron chi connectivity index (χ4n) is 4.62. The van der Waals surface area contributed by atoms with Crippen LogP contribution in [0.5, 0.6) is 0 Å². The summed E-state index contributed by atoms with van der Waals surface area (Å²) in [6, 6.07) is 6.43. The standard InChI is InChI=1S/C20H28N4O3/c1-22(10-8-14-5-4-9-23(12-14)20(26)27-2)16-11-15-6-3-7-17-18(15)24(13-16)19(25)21-17/h3,6-7,14,16H,4-5,8-13H2,1-2H3,(H,21,25)/t14?,16-/m1/s1. The van der Waals surface area contributed by atoms with Crippen molar-refractivity contribution in [1.82, 2.24) is 19.4 Å². The number of hydrogen-bond acceptors (Lipinski definition) is 4. The predicted molar refractivity (Wildman–Crippen MR) is 104 cm³/mol. The highest BCUT2D eigenvalue weighted by Crippen LogP contribution is 2.26. The van der Waals surface area contributed by atoms with Gasteiger partial charge in [-0.2, -0.15) is 0 Å². The Labute approximate surface area is 158 Å². The molecule has 0 aliphatic carbocycles. The molecular weight excluding hydrogens is 344 g/mol. The average Bonchev–Trinajstić information content (AvgIpc) is 3.02. The number of aromatic amines is 1. The van der Waals surface area contributed by atoms with Gasteiger partial charge in [0, 0.05) is 25.7 Å². The van der Waals surface area contributed by atoms with Gasteiger partial charge >= 0.3 is 11.8 Å². The smallest absolute Gasteiger partial charge is 0.409 e. The largest absolute Gasteiger partial charge is 0.453 e. The summed E-state index contributed by atoms with van der Waals surface area (Å²) >= 11 is 0. The third kappa shape index (κ3) is 3.48. The molecule has 7 heteroatoms. The lowest BCUT2D eigenvalue weighted by Crippen LogP contribution is -2.44. The summed E-state index contributed by atoms with van der Waals surface area (Å²) in [6.07, 6.45) is 4.00. The van der Waals surface area contributed by atoms with E-state index in [1.54, 1.807) is 0 Å². The highest BCUT2D eigenvalue weighted by molar-refractivity contribution is 5.79. The number of carbonyl (C=O) groups excluding carboxylic acids is 1. The van der Waals surface area contributed by atoms with Crippen LogP contribution < -0.4 is 5.69 Å². The Kier molecular flexibility index (Phi) is 4.95. The second-order valence-corrected chi connectivity index (χ2v) is 7.91. The lowest BCUT2D eigenvalue weighted by atomic mass is 9.94. The van der Waals surface area contributed by atoms with E-state index in [0.29, 0.717) is 12.0 Å². The molecule has 1 aromatic carbocycles. The Bertz CT molecular complexity index is 887. The van der Waals surface area contributed by atoms with E-state index in [-0.39, 0.29) is 11.8 Å². The molecule has 1 amide bonds. The zero-order chi connectivity index (χ0) is 19.0.